The number of aliphatic hydroxyl groups is 2. The highest BCUT2D eigenvalue weighted by molar-refractivity contribution is 5.96. The quantitative estimate of drug-likeness (QED) is 0.639. The molecule has 0 aromatic carbocycles. The van der Waals surface area contributed by atoms with E-state index in [0.717, 1.165) is 5.06 Å². The number of carbonyl (C=O) groups excluding carboxylic acids is 1. The van der Waals surface area contributed by atoms with Gasteiger partial charge in [0, 0.05) is 12.1 Å². The van der Waals surface area contributed by atoms with Crippen molar-refractivity contribution in [2.75, 3.05) is 13.2 Å². The Labute approximate surface area is 107 Å². The number of hydrogen-bond donors (Lipinski definition) is 3. The minimum absolute atomic E-state index is 0.0396. The van der Waals surface area contributed by atoms with Crippen LogP contribution in [0.15, 0.2) is 11.6 Å². The maximum atomic E-state index is 12.1. The van der Waals surface area contributed by atoms with E-state index >= 15 is 0 Å². The van der Waals surface area contributed by atoms with E-state index in [1.165, 1.54) is 0 Å². The summed E-state index contributed by atoms with van der Waals surface area (Å²) in [5, 5.41) is 33.3. The van der Waals surface area contributed by atoms with Gasteiger partial charge in [0.25, 0.3) is 0 Å². The van der Waals surface area contributed by atoms with E-state index in [9.17, 15) is 15.1 Å². The number of hydrogen-bond acceptors (Lipinski definition) is 4. The fourth-order valence-corrected chi connectivity index (χ4v) is 2.13. The average Bonchev–Trinajstić information content (AvgIpc) is 2.46. The zero-order valence-electron chi connectivity index (χ0n) is 11.2. The van der Waals surface area contributed by atoms with Crippen LogP contribution in [0, 0.1) is 0 Å². The van der Waals surface area contributed by atoms with Crippen molar-refractivity contribution in [3.63, 3.8) is 0 Å². The van der Waals surface area contributed by atoms with E-state index in [4.69, 9.17) is 5.11 Å². The molecule has 1 atom stereocenters. The fourth-order valence-electron chi connectivity index (χ4n) is 2.13. The third-order valence-electron chi connectivity index (χ3n) is 3.14. The van der Waals surface area contributed by atoms with Gasteiger partial charge in [0.05, 0.1) is 23.8 Å². The van der Waals surface area contributed by atoms with Gasteiger partial charge in [-0.25, -0.2) is 0 Å². The molecule has 6 nitrogen and oxygen atoms in total. The van der Waals surface area contributed by atoms with Gasteiger partial charge in [-0.2, -0.15) is 0 Å². The molecule has 0 saturated heterocycles. The third-order valence-corrected chi connectivity index (χ3v) is 3.14. The van der Waals surface area contributed by atoms with Crippen molar-refractivity contribution in [1.29, 1.82) is 0 Å². The van der Waals surface area contributed by atoms with Crippen LogP contribution in [0.3, 0.4) is 0 Å². The zero-order chi connectivity index (χ0) is 14.1. The molecule has 1 rings (SSSR count). The molecule has 1 heterocycles. The van der Waals surface area contributed by atoms with Crippen LogP contribution < -0.4 is 5.32 Å². The van der Waals surface area contributed by atoms with Crippen molar-refractivity contribution < 1.29 is 20.2 Å². The maximum absolute atomic E-state index is 12.1. The SMILES string of the molecule is CC1(C)C=C(C(=O)NCC(O)CO)C(C)(C)N1[O]. The summed E-state index contributed by atoms with van der Waals surface area (Å²) >= 11 is 0. The van der Waals surface area contributed by atoms with E-state index in [1.54, 1.807) is 33.8 Å². The van der Waals surface area contributed by atoms with E-state index in [-0.39, 0.29) is 12.5 Å². The van der Waals surface area contributed by atoms with Gasteiger partial charge < -0.3 is 15.5 Å². The summed E-state index contributed by atoms with van der Waals surface area (Å²) in [6, 6.07) is 0. The number of aliphatic hydroxyl groups excluding tert-OH is 2. The van der Waals surface area contributed by atoms with Crippen LogP contribution in [-0.2, 0) is 10.0 Å². The average molecular weight is 257 g/mol. The summed E-state index contributed by atoms with van der Waals surface area (Å²) in [5.74, 6) is -0.390. The molecule has 0 spiro atoms. The first-order valence-electron chi connectivity index (χ1n) is 5.91. The van der Waals surface area contributed by atoms with E-state index < -0.39 is 23.8 Å². The smallest absolute Gasteiger partial charge is 0.249 e. The molecule has 0 aromatic heterocycles. The minimum Gasteiger partial charge on any atom is -0.394 e. The number of nitrogens with one attached hydrogen (secondary N) is 1. The summed E-state index contributed by atoms with van der Waals surface area (Å²) in [7, 11) is 0. The first kappa shape index (κ1) is 15.1. The lowest BCUT2D eigenvalue weighted by molar-refractivity contribution is -0.238. The molecule has 0 aromatic rings. The maximum Gasteiger partial charge on any atom is 0.249 e. The first-order valence-corrected chi connectivity index (χ1v) is 5.91. The molecule has 103 valence electrons. The van der Waals surface area contributed by atoms with Gasteiger partial charge in [0.1, 0.15) is 0 Å². The molecule has 1 amide bonds. The number of hydroxylamine groups is 2. The molecule has 1 aliphatic rings. The van der Waals surface area contributed by atoms with Crippen molar-refractivity contribution in [2.24, 2.45) is 0 Å². The Morgan fingerprint density at radius 2 is 2.00 bits per heavy atom. The Morgan fingerprint density at radius 3 is 2.39 bits per heavy atom. The molecule has 0 bridgehead atoms. The normalized spacial score (nSPS) is 23.6. The second-order valence-corrected chi connectivity index (χ2v) is 5.61. The Hall–Kier alpha value is -0.950. The van der Waals surface area contributed by atoms with Crippen molar-refractivity contribution >= 4 is 5.91 Å². The van der Waals surface area contributed by atoms with Gasteiger partial charge in [0.2, 0.25) is 5.91 Å². The standard InChI is InChI=1S/C12H21N2O4/c1-11(2)5-9(12(3,4)14(11)18)10(17)13-6-8(16)7-15/h5,8,15-16H,6-7H2,1-4H3,(H,13,17). The second kappa shape index (κ2) is 4.97. The Bertz CT molecular complexity index is 363. The lowest BCUT2D eigenvalue weighted by atomic mass is 9.96. The molecule has 1 radical (unpaired) electrons. The van der Waals surface area contributed by atoms with Crippen LogP contribution in [0.25, 0.3) is 0 Å². The van der Waals surface area contributed by atoms with Crippen LogP contribution in [0.4, 0.5) is 0 Å². The summed E-state index contributed by atoms with van der Waals surface area (Å²) in [6.45, 7) is 6.39. The Morgan fingerprint density at radius 1 is 1.44 bits per heavy atom. The number of carbonyl (C=O) groups is 1. The van der Waals surface area contributed by atoms with Gasteiger partial charge in [-0.1, -0.05) is 6.08 Å². The van der Waals surface area contributed by atoms with Gasteiger partial charge >= 0.3 is 0 Å². The molecule has 3 N–H and O–H groups in total. The highest BCUT2D eigenvalue weighted by atomic mass is 16.5. The van der Waals surface area contributed by atoms with Gasteiger partial charge in [-0.15, -0.1) is 10.3 Å². The monoisotopic (exact) mass is 257 g/mol. The zero-order valence-corrected chi connectivity index (χ0v) is 11.2. The van der Waals surface area contributed by atoms with Crippen LogP contribution in [0.2, 0.25) is 0 Å². The van der Waals surface area contributed by atoms with Crippen LogP contribution in [-0.4, -0.2) is 51.5 Å². The molecule has 6 heteroatoms. The third kappa shape index (κ3) is 2.72. The van der Waals surface area contributed by atoms with Crippen LogP contribution in [0.5, 0.6) is 0 Å². The van der Waals surface area contributed by atoms with Crippen molar-refractivity contribution in [1.82, 2.24) is 10.4 Å². The molecular weight excluding hydrogens is 236 g/mol. The van der Waals surface area contributed by atoms with Crippen molar-refractivity contribution in [2.45, 2.75) is 44.9 Å². The van der Waals surface area contributed by atoms with Crippen LogP contribution >= 0.6 is 0 Å². The lowest BCUT2D eigenvalue weighted by Gasteiger charge is -2.33. The molecule has 18 heavy (non-hydrogen) atoms. The highest BCUT2D eigenvalue weighted by Gasteiger charge is 2.48. The second-order valence-electron chi connectivity index (χ2n) is 5.61. The van der Waals surface area contributed by atoms with E-state index in [0.29, 0.717) is 5.57 Å². The van der Waals surface area contributed by atoms with Gasteiger partial charge in [-0.3, -0.25) is 4.79 Å². The molecule has 1 unspecified atom stereocenters. The van der Waals surface area contributed by atoms with Crippen molar-refractivity contribution in [3.05, 3.63) is 11.6 Å². The van der Waals surface area contributed by atoms with Crippen LogP contribution in [0.1, 0.15) is 27.7 Å². The summed E-state index contributed by atoms with van der Waals surface area (Å²) < 4.78 is 0. The first-order chi connectivity index (χ1) is 8.13. The summed E-state index contributed by atoms with van der Waals surface area (Å²) in [4.78, 5) is 12.0. The summed E-state index contributed by atoms with van der Waals surface area (Å²) in [5.41, 5.74) is -1.25. The molecule has 0 aliphatic carbocycles. The van der Waals surface area contributed by atoms with Gasteiger partial charge in [0.15, 0.2) is 0 Å². The topological polar surface area (TPSA) is 92.7 Å². The predicted octanol–water partition coefficient (Wildman–Crippen LogP) is -0.399. The van der Waals surface area contributed by atoms with E-state index in [2.05, 4.69) is 5.32 Å². The highest BCUT2D eigenvalue weighted by Crippen LogP contribution is 2.38. The van der Waals surface area contributed by atoms with Gasteiger partial charge in [-0.05, 0) is 27.7 Å². The van der Waals surface area contributed by atoms with Crippen molar-refractivity contribution in [3.8, 4) is 0 Å². The molecule has 0 fully saturated rings. The van der Waals surface area contributed by atoms with E-state index in [1.807, 2.05) is 0 Å². The predicted molar refractivity (Wildman–Crippen MR) is 64.9 cm³/mol. The minimum atomic E-state index is -0.990. The number of rotatable bonds is 4. The Kier molecular flexibility index (Phi) is 4.17. The fraction of sp³-hybridized carbons (Fsp3) is 0.750. The lowest BCUT2D eigenvalue weighted by Crippen LogP contribution is -2.49. The molecule has 1 aliphatic heterocycles. The largest absolute Gasteiger partial charge is 0.394 e. The number of nitrogens with zero attached hydrogens (tertiary/aromatic N) is 1. The number of amides is 1. The summed E-state index contributed by atoms with van der Waals surface area (Å²) in [6.07, 6.45) is 0.649. The Balaban J connectivity index is 2.80. The molecule has 0 saturated carbocycles. The molecular formula is C12H21N2O4.